The fourth-order valence-corrected chi connectivity index (χ4v) is 5.09. The number of hydrogen-bond donors (Lipinski definition) is 1. The van der Waals surface area contributed by atoms with Crippen molar-refractivity contribution in [1.82, 2.24) is 20.1 Å². The predicted molar refractivity (Wildman–Crippen MR) is 110 cm³/mol. The Morgan fingerprint density at radius 2 is 2.07 bits per heavy atom. The normalized spacial score (nSPS) is 17.7. The van der Waals surface area contributed by atoms with Gasteiger partial charge in [0.05, 0.1) is 15.7 Å². The first-order valence-corrected chi connectivity index (χ1v) is 10.7. The molecule has 2 aromatic carbocycles. The van der Waals surface area contributed by atoms with Gasteiger partial charge < -0.3 is 0 Å². The maximum absolute atomic E-state index is 11.3. The molecular formula is C20H18N4OS2. The molecule has 1 N–H and O–H groups in total. The van der Waals surface area contributed by atoms with Crippen molar-refractivity contribution < 1.29 is 0 Å². The zero-order chi connectivity index (χ0) is 18.2. The summed E-state index contributed by atoms with van der Waals surface area (Å²) in [6.07, 6.45) is 2.41. The molecule has 1 aliphatic heterocycles. The van der Waals surface area contributed by atoms with Crippen molar-refractivity contribution in [2.75, 3.05) is 6.54 Å². The van der Waals surface area contributed by atoms with E-state index in [9.17, 15) is 4.79 Å². The maximum atomic E-state index is 11.3. The summed E-state index contributed by atoms with van der Waals surface area (Å²) in [4.78, 5) is 18.2. The van der Waals surface area contributed by atoms with Gasteiger partial charge in [0.1, 0.15) is 5.01 Å². The Hall–Kier alpha value is -2.35. The van der Waals surface area contributed by atoms with Gasteiger partial charge in [-0.1, -0.05) is 41.7 Å². The van der Waals surface area contributed by atoms with Crippen LogP contribution in [-0.4, -0.2) is 26.6 Å². The minimum atomic E-state index is -0.119. The largest absolute Gasteiger partial charge is 0.322 e. The van der Waals surface area contributed by atoms with Crippen LogP contribution in [0.15, 0.2) is 52.8 Å². The molecule has 0 radical (unpaired) electrons. The lowest BCUT2D eigenvalue weighted by atomic mass is 10.0. The van der Waals surface area contributed by atoms with E-state index < -0.39 is 0 Å². The lowest BCUT2D eigenvalue weighted by Gasteiger charge is -2.25. The summed E-state index contributed by atoms with van der Waals surface area (Å²) in [5, 5.41) is 7.27. The van der Waals surface area contributed by atoms with E-state index >= 15 is 0 Å². The van der Waals surface area contributed by atoms with Crippen molar-refractivity contribution in [2.45, 2.75) is 25.4 Å². The smallest absolute Gasteiger partial charge is 0.292 e. The third kappa shape index (κ3) is 3.34. The lowest BCUT2D eigenvalue weighted by Crippen LogP contribution is -2.22. The first-order valence-electron chi connectivity index (χ1n) is 8.98. The predicted octanol–water partition coefficient (Wildman–Crippen LogP) is 4.45. The van der Waals surface area contributed by atoms with Crippen LogP contribution >= 0.6 is 22.7 Å². The molecule has 2 aromatic heterocycles. The van der Waals surface area contributed by atoms with Gasteiger partial charge in [-0.15, -0.1) is 11.3 Å². The Kier molecular flexibility index (Phi) is 4.35. The number of H-pyrrole nitrogens is 1. The van der Waals surface area contributed by atoms with Gasteiger partial charge in [-0.25, -0.2) is 10.1 Å². The molecule has 0 unspecified atom stereocenters. The molecule has 27 heavy (non-hydrogen) atoms. The van der Waals surface area contributed by atoms with Crippen LogP contribution in [0.25, 0.3) is 20.8 Å². The van der Waals surface area contributed by atoms with E-state index in [2.05, 4.69) is 50.4 Å². The van der Waals surface area contributed by atoms with Crippen molar-refractivity contribution in [3.63, 3.8) is 0 Å². The number of aromatic amines is 1. The molecule has 5 nitrogen and oxygen atoms in total. The summed E-state index contributed by atoms with van der Waals surface area (Å²) in [5.74, 6) is 0. The van der Waals surface area contributed by atoms with E-state index in [0.717, 1.165) is 40.5 Å². The number of thiazole rings is 1. The lowest BCUT2D eigenvalue weighted by molar-refractivity contribution is 0.248. The summed E-state index contributed by atoms with van der Waals surface area (Å²) in [6.45, 7) is 2.04. The van der Waals surface area contributed by atoms with E-state index in [4.69, 9.17) is 0 Å². The summed E-state index contributed by atoms with van der Waals surface area (Å²) < 4.78 is 1.25. The van der Waals surface area contributed by atoms with Crippen LogP contribution in [0.2, 0.25) is 0 Å². The number of benzene rings is 2. The topological polar surface area (TPSA) is 61.9 Å². The Morgan fingerprint density at radius 3 is 2.89 bits per heavy atom. The Labute approximate surface area is 164 Å². The van der Waals surface area contributed by atoms with E-state index in [-0.39, 0.29) is 4.87 Å². The molecule has 4 aromatic rings. The summed E-state index contributed by atoms with van der Waals surface area (Å²) in [5.41, 5.74) is 6.64. The van der Waals surface area contributed by atoms with Gasteiger partial charge in [0.15, 0.2) is 0 Å². The monoisotopic (exact) mass is 394 g/mol. The Balaban J connectivity index is 1.35. The van der Waals surface area contributed by atoms with Crippen molar-refractivity contribution in [3.8, 4) is 10.6 Å². The molecule has 0 bridgehead atoms. The van der Waals surface area contributed by atoms with Crippen LogP contribution in [0.5, 0.6) is 0 Å². The van der Waals surface area contributed by atoms with Gasteiger partial charge in [0.25, 0.3) is 0 Å². The summed E-state index contributed by atoms with van der Waals surface area (Å²) in [7, 11) is 0. The van der Waals surface area contributed by atoms with Crippen LogP contribution in [0.3, 0.4) is 0 Å². The quantitative estimate of drug-likeness (QED) is 0.556. The van der Waals surface area contributed by atoms with E-state index in [0.29, 0.717) is 6.04 Å². The molecular weight excluding hydrogens is 376 g/mol. The third-order valence-electron chi connectivity index (χ3n) is 5.13. The van der Waals surface area contributed by atoms with Crippen LogP contribution in [0.4, 0.5) is 0 Å². The number of aromatic nitrogens is 3. The minimum Gasteiger partial charge on any atom is -0.292 e. The molecule has 1 atom stereocenters. The maximum Gasteiger partial charge on any atom is 0.322 e. The molecule has 5 rings (SSSR count). The van der Waals surface area contributed by atoms with Crippen LogP contribution in [0, 0.1) is 0 Å². The molecule has 1 fully saturated rings. The first kappa shape index (κ1) is 16.8. The highest BCUT2D eigenvalue weighted by Crippen LogP contribution is 2.35. The number of likely N-dealkylation sites (tertiary alicyclic amines) is 1. The van der Waals surface area contributed by atoms with Gasteiger partial charge >= 0.3 is 4.87 Å². The van der Waals surface area contributed by atoms with E-state index in [1.54, 1.807) is 11.3 Å². The van der Waals surface area contributed by atoms with Gasteiger partial charge in [-0.3, -0.25) is 9.69 Å². The number of nitrogens with one attached hydrogen (secondary N) is 1. The standard InChI is InChI=1S/C20H18N4OS2/c25-20-23-22-19(27-20)14-5-3-13(4-6-14)11-24-9-1-2-17(24)15-7-8-18-16(10-15)21-12-26-18/h3-8,10,12,17H,1-2,9,11H2,(H,23,25)/t17-/m1/s1. The third-order valence-corrected chi connectivity index (χ3v) is 6.73. The Bertz CT molecular complexity index is 1130. The van der Waals surface area contributed by atoms with Gasteiger partial charge in [-0.2, -0.15) is 5.10 Å². The van der Waals surface area contributed by atoms with Crippen molar-refractivity contribution >= 4 is 32.9 Å². The highest BCUT2D eigenvalue weighted by Gasteiger charge is 2.26. The van der Waals surface area contributed by atoms with Crippen LogP contribution < -0.4 is 4.87 Å². The molecule has 1 aliphatic rings. The second-order valence-electron chi connectivity index (χ2n) is 6.82. The SMILES string of the molecule is O=c1[nH]nc(-c2ccc(CN3CCC[C@@H]3c3ccc4scnc4c3)cc2)s1. The minimum absolute atomic E-state index is 0.119. The molecule has 136 valence electrons. The van der Waals surface area contributed by atoms with Crippen LogP contribution in [-0.2, 0) is 6.54 Å². The van der Waals surface area contributed by atoms with Gasteiger partial charge in [-0.05, 0) is 42.6 Å². The molecule has 0 spiro atoms. The highest BCUT2D eigenvalue weighted by molar-refractivity contribution is 7.16. The second-order valence-corrected chi connectivity index (χ2v) is 8.67. The molecule has 7 heteroatoms. The van der Waals surface area contributed by atoms with Gasteiger partial charge in [0, 0.05) is 18.2 Å². The van der Waals surface area contributed by atoms with Crippen LogP contribution in [0.1, 0.15) is 30.0 Å². The molecule has 1 saturated heterocycles. The Morgan fingerprint density at radius 1 is 1.19 bits per heavy atom. The number of hydrogen-bond acceptors (Lipinski definition) is 6. The van der Waals surface area contributed by atoms with Crippen molar-refractivity contribution in [2.24, 2.45) is 0 Å². The summed E-state index contributed by atoms with van der Waals surface area (Å²) in [6, 6.07) is 15.5. The number of rotatable bonds is 4. The molecule has 0 amide bonds. The zero-order valence-corrected chi connectivity index (χ0v) is 16.2. The molecule has 3 heterocycles. The average Bonchev–Trinajstić information content (AvgIpc) is 3.42. The fourth-order valence-electron chi connectivity index (χ4n) is 3.82. The number of fused-ring (bicyclic) bond motifs is 1. The van der Waals surface area contributed by atoms with E-state index in [1.807, 2.05) is 17.6 Å². The molecule has 0 aliphatic carbocycles. The van der Waals surface area contributed by atoms with Gasteiger partial charge in [0.2, 0.25) is 0 Å². The first-order chi connectivity index (χ1) is 13.3. The number of nitrogens with zero attached hydrogens (tertiary/aromatic N) is 3. The summed E-state index contributed by atoms with van der Waals surface area (Å²) >= 11 is 2.83. The second kappa shape index (κ2) is 6.99. The highest BCUT2D eigenvalue weighted by atomic mass is 32.1. The average molecular weight is 395 g/mol. The van der Waals surface area contributed by atoms with Crippen molar-refractivity contribution in [1.29, 1.82) is 0 Å². The molecule has 0 saturated carbocycles. The zero-order valence-electron chi connectivity index (χ0n) is 14.6. The van der Waals surface area contributed by atoms with Crippen molar-refractivity contribution in [3.05, 3.63) is 68.8 Å². The fraction of sp³-hybridized carbons (Fsp3) is 0.250. The van der Waals surface area contributed by atoms with E-state index in [1.165, 1.54) is 28.7 Å².